The number of aromatic nitrogens is 2. The molecule has 0 aliphatic carbocycles. The molecule has 2 aromatic rings. The number of benzene rings is 1. The van der Waals surface area contributed by atoms with Crippen molar-refractivity contribution in [2.45, 2.75) is 6.10 Å². The van der Waals surface area contributed by atoms with Crippen LogP contribution in [0.25, 0.3) is 10.9 Å². The first kappa shape index (κ1) is 11.5. The first-order chi connectivity index (χ1) is 9.06. The molecule has 1 aromatic carbocycles. The number of hydrogen-bond acceptors (Lipinski definition) is 4. The summed E-state index contributed by atoms with van der Waals surface area (Å²) >= 11 is 0. The maximum Gasteiger partial charge on any atom is 0.415 e. The first-order valence-electron chi connectivity index (χ1n) is 5.75. The van der Waals surface area contributed by atoms with Crippen LogP contribution in [0, 0.1) is 0 Å². The van der Waals surface area contributed by atoms with Gasteiger partial charge in [0.2, 0.25) is 0 Å². The molecule has 0 saturated carbocycles. The highest BCUT2D eigenvalue weighted by atomic mass is 16.6. The van der Waals surface area contributed by atoms with Crippen LogP contribution in [0.3, 0.4) is 0 Å². The fourth-order valence-electron chi connectivity index (χ4n) is 2.14. The second-order valence-corrected chi connectivity index (χ2v) is 4.40. The predicted molar refractivity (Wildman–Crippen MR) is 67.5 cm³/mol. The minimum Gasteiger partial charge on any atom is -0.434 e. The van der Waals surface area contributed by atoms with Gasteiger partial charge in [0, 0.05) is 18.1 Å². The number of rotatable bonds is 2. The van der Waals surface area contributed by atoms with E-state index in [4.69, 9.17) is 10.5 Å². The van der Waals surface area contributed by atoms with Gasteiger partial charge in [-0.2, -0.15) is 5.10 Å². The van der Waals surface area contributed by atoms with E-state index in [-0.39, 0.29) is 6.54 Å². The van der Waals surface area contributed by atoms with Gasteiger partial charge in [-0.1, -0.05) is 0 Å². The first-order valence-corrected chi connectivity index (χ1v) is 5.75. The minimum absolute atomic E-state index is 0.139. The molecule has 2 heterocycles. The van der Waals surface area contributed by atoms with Crippen LogP contribution in [0.5, 0.6) is 0 Å². The van der Waals surface area contributed by atoms with Crippen molar-refractivity contribution in [1.29, 1.82) is 0 Å². The Labute approximate surface area is 108 Å². The van der Waals surface area contributed by atoms with Gasteiger partial charge < -0.3 is 10.5 Å². The number of hydrogen-bond donors (Lipinski definition) is 1. The predicted octanol–water partition coefficient (Wildman–Crippen LogP) is 0.384. The van der Waals surface area contributed by atoms with Gasteiger partial charge in [0.05, 0.1) is 18.3 Å². The maximum atomic E-state index is 11.7. The maximum absolute atomic E-state index is 11.7. The van der Waals surface area contributed by atoms with Crippen LogP contribution in [0.15, 0.2) is 24.4 Å². The lowest BCUT2D eigenvalue weighted by Gasteiger charge is -2.12. The summed E-state index contributed by atoms with van der Waals surface area (Å²) in [6.45, 7) is 0.139. The van der Waals surface area contributed by atoms with E-state index < -0.39 is 18.1 Å². The summed E-state index contributed by atoms with van der Waals surface area (Å²) in [4.78, 5) is 24.1. The Morgan fingerprint density at radius 1 is 1.53 bits per heavy atom. The Balaban J connectivity index is 1.96. The van der Waals surface area contributed by atoms with E-state index in [9.17, 15) is 9.59 Å². The van der Waals surface area contributed by atoms with E-state index in [1.54, 1.807) is 16.9 Å². The van der Waals surface area contributed by atoms with Gasteiger partial charge in [0.25, 0.3) is 5.91 Å². The van der Waals surface area contributed by atoms with E-state index in [0.717, 1.165) is 10.9 Å². The lowest BCUT2D eigenvalue weighted by Crippen LogP contribution is -2.32. The Bertz CT molecular complexity index is 679. The number of carbonyl (C=O) groups is 2. The summed E-state index contributed by atoms with van der Waals surface area (Å²) in [5.74, 6) is -0.640. The summed E-state index contributed by atoms with van der Waals surface area (Å²) in [5.41, 5.74) is 6.76. The molecule has 1 atom stereocenters. The summed E-state index contributed by atoms with van der Waals surface area (Å²) in [6.07, 6.45) is 0.260. The standard InChI is InChI=1S/C12H12N4O3/c1-15-9-3-2-8(4-7(9)5-14-15)16-6-10(11(13)17)19-12(16)18/h2-5,10H,6H2,1H3,(H2,13,17). The smallest absolute Gasteiger partial charge is 0.415 e. The molecule has 1 aliphatic heterocycles. The zero-order chi connectivity index (χ0) is 13.6. The van der Waals surface area contributed by atoms with E-state index in [2.05, 4.69) is 5.10 Å². The van der Waals surface area contributed by atoms with Crippen molar-refractivity contribution in [2.75, 3.05) is 11.4 Å². The van der Waals surface area contributed by atoms with E-state index >= 15 is 0 Å². The molecule has 1 saturated heterocycles. The van der Waals surface area contributed by atoms with E-state index in [1.807, 2.05) is 19.2 Å². The number of carbonyl (C=O) groups excluding carboxylic acids is 2. The third-order valence-electron chi connectivity index (χ3n) is 3.17. The summed E-state index contributed by atoms with van der Waals surface area (Å²) in [7, 11) is 1.84. The number of amides is 2. The van der Waals surface area contributed by atoms with Crippen LogP contribution >= 0.6 is 0 Å². The highest BCUT2D eigenvalue weighted by molar-refractivity contribution is 5.97. The largest absolute Gasteiger partial charge is 0.434 e. The van der Waals surface area contributed by atoms with Gasteiger partial charge in [0.15, 0.2) is 6.10 Å². The highest BCUT2D eigenvalue weighted by Gasteiger charge is 2.35. The van der Waals surface area contributed by atoms with Crippen molar-refractivity contribution in [3.05, 3.63) is 24.4 Å². The third-order valence-corrected chi connectivity index (χ3v) is 3.17. The summed E-state index contributed by atoms with van der Waals surface area (Å²) in [6, 6.07) is 5.48. The summed E-state index contributed by atoms with van der Waals surface area (Å²) in [5, 5.41) is 5.05. The van der Waals surface area contributed by atoms with Gasteiger partial charge in [-0.05, 0) is 18.2 Å². The lowest BCUT2D eigenvalue weighted by molar-refractivity contribution is -0.124. The van der Waals surface area contributed by atoms with Crippen LogP contribution < -0.4 is 10.6 Å². The quantitative estimate of drug-likeness (QED) is 0.845. The van der Waals surface area contributed by atoms with Crippen LogP contribution in [0.1, 0.15) is 0 Å². The number of nitrogens with two attached hydrogens (primary N) is 1. The van der Waals surface area contributed by atoms with E-state index in [0.29, 0.717) is 5.69 Å². The van der Waals surface area contributed by atoms with Crippen molar-refractivity contribution in [3.63, 3.8) is 0 Å². The summed E-state index contributed by atoms with van der Waals surface area (Å²) < 4.78 is 6.64. The molecule has 1 aliphatic rings. The molecular weight excluding hydrogens is 248 g/mol. The second-order valence-electron chi connectivity index (χ2n) is 4.40. The average Bonchev–Trinajstić information content (AvgIpc) is 2.93. The highest BCUT2D eigenvalue weighted by Crippen LogP contribution is 2.25. The molecule has 1 aromatic heterocycles. The number of anilines is 1. The van der Waals surface area contributed by atoms with Crippen molar-refractivity contribution in [2.24, 2.45) is 12.8 Å². The molecule has 7 nitrogen and oxygen atoms in total. The number of ether oxygens (including phenoxy) is 1. The molecule has 2 amide bonds. The second kappa shape index (κ2) is 3.98. The average molecular weight is 260 g/mol. The van der Waals surface area contributed by atoms with Crippen molar-refractivity contribution in [3.8, 4) is 0 Å². The topological polar surface area (TPSA) is 90.5 Å². The Morgan fingerprint density at radius 3 is 3.00 bits per heavy atom. The molecule has 7 heteroatoms. The number of cyclic esters (lactones) is 1. The number of nitrogens with zero attached hydrogens (tertiary/aromatic N) is 3. The molecule has 3 rings (SSSR count). The fraction of sp³-hybridized carbons (Fsp3) is 0.250. The van der Waals surface area contributed by atoms with Gasteiger partial charge in [-0.3, -0.25) is 14.4 Å². The molecule has 0 bridgehead atoms. The molecule has 1 fully saturated rings. The van der Waals surface area contributed by atoms with Crippen LogP contribution in [0.4, 0.5) is 10.5 Å². The molecule has 1 unspecified atom stereocenters. The Kier molecular flexibility index (Phi) is 2.41. The molecule has 0 radical (unpaired) electrons. The van der Waals surface area contributed by atoms with Crippen molar-refractivity contribution < 1.29 is 14.3 Å². The van der Waals surface area contributed by atoms with Crippen LogP contribution in [-0.4, -0.2) is 34.4 Å². The number of primary amides is 1. The zero-order valence-electron chi connectivity index (χ0n) is 10.2. The van der Waals surface area contributed by atoms with Gasteiger partial charge >= 0.3 is 6.09 Å². The Hall–Kier alpha value is -2.57. The third kappa shape index (κ3) is 1.79. The molecular formula is C12H12N4O3. The molecule has 98 valence electrons. The molecule has 19 heavy (non-hydrogen) atoms. The van der Waals surface area contributed by atoms with Crippen LogP contribution in [0.2, 0.25) is 0 Å². The van der Waals surface area contributed by atoms with Gasteiger partial charge in [-0.25, -0.2) is 4.79 Å². The lowest BCUT2D eigenvalue weighted by atomic mass is 10.2. The fourth-order valence-corrected chi connectivity index (χ4v) is 2.14. The monoisotopic (exact) mass is 260 g/mol. The molecule has 2 N–H and O–H groups in total. The van der Waals surface area contributed by atoms with Crippen LogP contribution in [-0.2, 0) is 16.6 Å². The van der Waals surface area contributed by atoms with Gasteiger partial charge in [0.1, 0.15) is 0 Å². The van der Waals surface area contributed by atoms with E-state index in [1.165, 1.54) is 4.90 Å². The van der Waals surface area contributed by atoms with Crippen molar-refractivity contribution >= 4 is 28.6 Å². The van der Waals surface area contributed by atoms with Crippen molar-refractivity contribution in [1.82, 2.24) is 9.78 Å². The molecule has 0 spiro atoms. The SMILES string of the molecule is Cn1ncc2cc(N3CC(C(N)=O)OC3=O)ccc21. The Morgan fingerprint density at radius 2 is 2.32 bits per heavy atom. The zero-order valence-corrected chi connectivity index (χ0v) is 10.2. The number of fused-ring (bicyclic) bond motifs is 1. The normalized spacial score (nSPS) is 18.9. The minimum atomic E-state index is -0.892. The number of aryl methyl sites for hydroxylation is 1. The van der Waals surface area contributed by atoms with Gasteiger partial charge in [-0.15, -0.1) is 0 Å².